The highest BCUT2D eigenvalue weighted by Crippen LogP contribution is 2.31. The van der Waals surface area contributed by atoms with Crippen molar-refractivity contribution in [3.8, 4) is 0 Å². The molecule has 0 spiro atoms. The summed E-state index contributed by atoms with van der Waals surface area (Å²) in [7, 11) is 1.69. The molecule has 4 N–H and O–H groups in total. The van der Waals surface area contributed by atoms with Crippen LogP contribution in [0, 0.1) is 11.8 Å². The fraction of sp³-hybridized carbons (Fsp3) is 0.900. The van der Waals surface area contributed by atoms with E-state index in [1.165, 1.54) is 19.3 Å². The van der Waals surface area contributed by atoms with Gasteiger partial charge in [-0.15, -0.1) is 0 Å². The maximum absolute atomic E-state index is 13.3. The molecule has 2 amide bonds. The third-order valence-corrected chi connectivity index (χ3v) is 9.25. The zero-order valence-corrected chi connectivity index (χ0v) is 24.6. The molecule has 0 bridgehead atoms. The van der Waals surface area contributed by atoms with Crippen molar-refractivity contribution < 1.29 is 29.0 Å². The molecule has 9 heteroatoms. The number of rotatable bonds is 13. The standard InChI is InChI=1S/C30H53N3O6/c1-20-8-5-6-9-24(20)32-29(37)31-22-13-11-21(12-14-22)18-27(34)30(2,3)33-23-15-16-25(38-4)26(19-23)39-17-7-10-28(35)36/h20-26,33H,5-19H2,1-4H3,(H,35,36)(H2,31,32,37). The van der Waals surface area contributed by atoms with Gasteiger partial charge in [0.05, 0.1) is 17.7 Å². The second-order valence-electron chi connectivity index (χ2n) is 12.8. The van der Waals surface area contributed by atoms with Crippen molar-refractivity contribution in [2.45, 2.75) is 147 Å². The maximum atomic E-state index is 13.3. The van der Waals surface area contributed by atoms with Gasteiger partial charge in [0.2, 0.25) is 0 Å². The van der Waals surface area contributed by atoms with Gasteiger partial charge in [-0.1, -0.05) is 19.8 Å². The number of methoxy groups -OCH3 is 1. The Morgan fingerprint density at radius 2 is 1.59 bits per heavy atom. The topological polar surface area (TPSA) is 126 Å². The molecule has 9 nitrogen and oxygen atoms in total. The zero-order chi connectivity index (χ0) is 28.4. The minimum absolute atomic E-state index is 0.0105. The lowest BCUT2D eigenvalue weighted by Gasteiger charge is -2.39. The number of carboxylic acids is 1. The van der Waals surface area contributed by atoms with Gasteiger partial charge in [-0.3, -0.25) is 9.59 Å². The van der Waals surface area contributed by atoms with E-state index in [2.05, 4.69) is 22.9 Å². The highest BCUT2D eigenvalue weighted by Gasteiger charge is 2.37. The van der Waals surface area contributed by atoms with Crippen molar-refractivity contribution in [3.63, 3.8) is 0 Å². The van der Waals surface area contributed by atoms with Gasteiger partial charge in [0.25, 0.3) is 0 Å². The summed E-state index contributed by atoms with van der Waals surface area (Å²) < 4.78 is 11.6. The van der Waals surface area contributed by atoms with Crippen LogP contribution in [0.2, 0.25) is 0 Å². The Bertz CT molecular complexity index is 798. The fourth-order valence-corrected chi connectivity index (χ4v) is 6.68. The molecule has 3 fully saturated rings. The van der Waals surface area contributed by atoms with Crippen LogP contribution in [0.4, 0.5) is 4.79 Å². The summed E-state index contributed by atoms with van der Waals surface area (Å²) >= 11 is 0. The number of hydrogen-bond donors (Lipinski definition) is 4. The van der Waals surface area contributed by atoms with E-state index in [1.807, 2.05) is 13.8 Å². The SMILES string of the molecule is COC1CCC(NC(C)(C)C(=O)CC2CCC(NC(=O)NC3CCCCC3C)CC2)CC1OCCCC(=O)O. The van der Waals surface area contributed by atoms with Gasteiger partial charge in [0, 0.05) is 44.7 Å². The largest absolute Gasteiger partial charge is 0.481 e. The van der Waals surface area contributed by atoms with E-state index in [4.69, 9.17) is 14.6 Å². The van der Waals surface area contributed by atoms with Crippen LogP contribution in [0.15, 0.2) is 0 Å². The van der Waals surface area contributed by atoms with Crippen LogP contribution < -0.4 is 16.0 Å². The number of carbonyl (C=O) groups excluding carboxylic acids is 2. The third-order valence-electron chi connectivity index (χ3n) is 9.25. The highest BCUT2D eigenvalue weighted by molar-refractivity contribution is 5.87. The lowest BCUT2D eigenvalue weighted by atomic mass is 9.79. The molecule has 39 heavy (non-hydrogen) atoms. The van der Waals surface area contributed by atoms with E-state index < -0.39 is 11.5 Å². The minimum Gasteiger partial charge on any atom is -0.481 e. The average Bonchev–Trinajstić information content (AvgIpc) is 2.89. The number of carboxylic acid groups (broad SMARTS) is 1. The van der Waals surface area contributed by atoms with Gasteiger partial charge in [0.1, 0.15) is 0 Å². The van der Waals surface area contributed by atoms with Gasteiger partial charge < -0.3 is 30.5 Å². The molecule has 0 heterocycles. The smallest absolute Gasteiger partial charge is 0.315 e. The molecule has 0 aromatic rings. The van der Waals surface area contributed by atoms with Crippen LogP contribution in [-0.4, -0.2) is 72.5 Å². The predicted molar refractivity (Wildman–Crippen MR) is 151 cm³/mol. The summed E-state index contributed by atoms with van der Waals surface area (Å²) in [5.74, 6) is 0.314. The van der Waals surface area contributed by atoms with E-state index >= 15 is 0 Å². The Kier molecular flexibility index (Phi) is 12.5. The van der Waals surface area contributed by atoms with E-state index in [1.54, 1.807) is 7.11 Å². The molecule has 5 atom stereocenters. The number of amides is 2. The molecule has 3 saturated carbocycles. The lowest BCUT2D eigenvalue weighted by Crippen LogP contribution is -2.55. The van der Waals surface area contributed by atoms with Gasteiger partial charge in [-0.05, 0) is 89.9 Å². The molecular weight excluding hydrogens is 498 g/mol. The predicted octanol–water partition coefficient (Wildman–Crippen LogP) is 4.57. The third kappa shape index (κ3) is 10.3. The summed E-state index contributed by atoms with van der Waals surface area (Å²) in [6.07, 6.45) is 12.0. The monoisotopic (exact) mass is 551 g/mol. The Hall–Kier alpha value is -1.71. The number of carbonyl (C=O) groups is 3. The van der Waals surface area contributed by atoms with Crippen LogP contribution in [0.5, 0.6) is 0 Å². The molecule has 0 aromatic heterocycles. The average molecular weight is 552 g/mol. The molecular formula is C30H53N3O6. The fourth-order valence-electron chi connectivity index (χ4n) is 6.68. The van der Waals surface area contributed by atoms with Gasteiger partial charge in [-0.25, -0.2) is 4.79 Å². The van der Waals surface area contributed by atoms with Crippen molar-refractivity contribution in [3.05, 3.63) is 0 Å². The Balaban J connectivity index is 1.38. The second kappa shape index (κ2) is 15.3. The molecule has 5 unspecified atom stereocenters. The van der Waals surface area contributed by atoms with Crippen molar-refractivity contribution >= 4 is 17.8 Å². The summed E-state index contributed by atoms with van der Waals surface area (Å²) in [6.45, 7) is 6.57. The van der Waals surface area contributed by atoms with Crippen LogP contribution in [-0.2, 0) is 19.1 Å². The molecule has 0 aliphatic heterocycles. The highest BCUT2D eigenvalue weighted by atomic mass is 16.5. The molecule has 3 aliphatic rings. The Morgan fingerprint density at radius 1 is 0.897 bits per heavy atom. The van der Waals surface area contributed by atoms with Crippen molar-refractivity contribution in [2.75, 3.05) is 13.7 Å². The quantitative estimate of drug-likeness (QED) is 0.247. The van der Waals surface area contributed by atoms with E-state index in [0.29, 0.717) is 31.3 Å². The van der Waals surface area contributed by atoms with Gasteiger partial charge >= 0.3 is 12.0 Å². The Morgan fingerprint density at radius 3 is 2.26 bits per heavy atom. The van der Waals surface area contributed by atoms with Crippen LogP contribution in [0.25, 0.3) is 0 Å². The zero-order valence-electron chi connectivity index (χ0n) is 24.6. The van der Waals surface area contributed by atoms with Crippen molar-refractivity contribution in [2.24, 2.45) is 11.8 Å². The molecule has 224 valence electrons. The van der Waals surface area contributed by atoms with Gasteiger partial charge in [0.15, 0.2) is 5.78 Å². The van der Waals surface area contributed by atoms with E-state index in [0.717, 1.165) is 51.4 Å². The van der Waals surface area contributed by atoms with Crippen molar-refractivity contribution in [1.82, 2.24) is 16.0 Å². The first-order chi connectivity index (χ1) is 18.6. The number of Topliss-reactive ketones (excluding diaryl/α,β-unsaturated/α-hetero) is 1. The van der Waals surface area contributed by atoms with E-state index in [9.17, 15) is 14.4 Å². The second-order valence-corrected chi connectivity index (χ2v) is 12.8. The molecule has 0 aromatic carbocycles. The summed E-state index contributed by atoms with van der Waals surface area (Å²) in [6, 6.07) is 0.576. The van der Waals surface area contributed by atoms with Gasteiger partial charge in [-0.2, -0.15) is 0 Å². The maximum Gasteiger partial charge on any atom is 0.315 e. The number of nitrogens with one attached hydrogen (secondary N) is 3. The first-order valence-corrected chi connectivity index (χ1v) is 15.3. The summed E-state index contributed by atoms with van der Waals surface area (Å²) in [5, 5.41) is 18.8. The van der Waals surface area contributed by atoms with Crippen molar-refractivity contribution in [1.29, 1.82) is 0 Å². The van der Waals surface area contributed by atoms with Crippen LogP contribution >= 0.6 is 0 Å². The molecule has 3 rings (SSSR count). The van der Waals surface area contributed by atoms with Crippen LogP contribution in [0.3, 0.4) is 0 Å². The number of ether oxygens (including phenoxy) is 2. The number of urea groups is 1. The molecule has 0 saturated heterocycles. The summed E-state index contributed by atoms with van der Waals surface area (Å²) in [5.41, 5.74) is -0.635. The first-order valence-electron chi connectivity index (χ1n) is 15.3. The van der Waals surface area contributed by atoms with E-state index in [-0.39, 0.29) is 48.6 Å². The normalized spacial score (nSPS) is 31.8. The number of ketones is 1. The molecule has 3 aliphatic carbocycles. The summed E-state index contributed by atoms with van der Waals surface area (Å²) in [4.78, 5) is 36.7. The van der Waals surface area contributed by atoms with Crippen LogP contribution in [0.1, 0.15) is 111 Å². The number of hydrogen-bond acceptors (Lipinski definition) is 6. The molecule has 0 radical (unpaired) electrons. The first kappa shape index (κ1) is 31.8. The minimum atomic E-state index is -0.815. The lowest BCUT2D eigenvalue weighted by molar-refractivity contribution is -0.138. The Labute approximate surface area is 234 Å². The number of aliphatic carboxylic acids is 1.